The van der Waals surface area contributed by atoms with Crippen molar-refractivity contribution < 1.29 is 4.74 Å². The molecule has 0 bridgehead atoms. The zero-order valence-corrected chi connectivity index (χ0v) is 12.2. The predicted molar refractivity (Wildman–Crippen MR) is 79.3 cm³/mol. The van der Waals surface area contributed by atoms with Crippen LogP contribution in [0.25, 0.3) is 0 Å². The molecule has 0 saturated carbocycles. The third kappa shape index (κ3) is 4.40. The SMILES string of the molecule is CC(COc1cccc(Cl)c1)Nc1nc(N)nc(Cl)n1. The van der Waals surface area contributed by atoms with Gasteiger partial charge in [-0.3, -0.25) is 0 Å². The first-order valence-electron chi connectivity index (χ1n) is 5.85. The molecular formula is C12H13Cl2N5O. The molecule has 3 N–H and O–H groups in total. The Kier molecular flexibility index (Phi) is 4.81. The molecule has 0 spiro atoms. The molecule has 20 heavy (non-hydrogen) atoms. The largest absolute Gasteiger partial charge is 0.491 e. The molecule has 0 fully saturated rings. The number of nitrogens with two attached hydrogens (primary N) is 1. The maximum Gasteiger partial charge on any atom is 0.229 e. The summed E-state index contributed by atoms with van der Waals surface area (Å²) in [5.74, 6) is 1.07. The lowest BCUT2D eigenvalue weighted by molar-refractivity contribution is 0.303. The van der Waals surface area contributed by atoms with Crippen LogP contribution in [0.3, 0.4) is 0 Å². The van der Waals surface area contributed by atoms with E-state index in [1.165, 1.54) is 0 Å². The van der Waals surface area contributed by atoms with Gasteiger partial charge in [-0.15, -0.1) is 0 Å². The summed E-state index contributed by atoms with van der Waals surface area (Å²) >= 11 is 11.6. The molecule has 1 unspecified atom stereocenters. The van der Waals surface area contributed by atoms with E-state index in [2.05, 4.69) is 20.3 Å². The zero-order chi connectivity index (χ0) is 14.5. The standard InChI is InChI=1S/C12H13Cl2N5O/c1-7(6-20-9-4-2-3-8(13)5-9)16-12-18-10(14)17-11(15)19-12/h2-5,7H,6H2,1H3,(H3,15,16,17,18,19). The summed E-state index contributed by atoms with van der Waals surface area (Å²) < 4.78 is 5.60. The Morgan fingerprint density at radius 2 is 2.10 bits per heavy atom. The Morgan fingerprint density at radius 3 is 2.80 bits per heavy atom. The highest BCUT2D eigenvalue weighted by molar-refractivity contribution is 6.30. The number of anilines is 2. The molecule has 1 atom stereocenters. The van der Waals surface area contributed by atoms with Gasteiger partial charge in [0.15, 0.2) is 0 Å². The molecule has 1 heterocycles. The van der Waals surface area contributed by atoms with E-state index in [1.54, 1.807) is 12.1 Å². The summed E-state index contributed by atoms with van der Waals surface area (Å²) in [5, 5.41) is 3.69. The lowest BCUT2D eigenvalue weighted by atomic mass is 10.3. The van der Waals surface area contributed by atoms with Crippen molar-refractivity contribution in [3.8, 4) is 5.75 Å². The number of nitrogens with zero attached hydrogens (tertiary/aromatic N) is 3. The van der Waals surface area contributed by atoms with Crippen LogP contribution in [0.4, 0.5) is 11.9 Å². The number of halogens is 2. The van der Waals surface area contributed by atoms with E-state index in [9.17, 15) is 0 Å². The van der Waals surface area contributed by atoms with Crippen molar-refractivity contribution in [2.24, 2.45) is 0 Å². The van der Waals surface area contributed by atoms with E-state index in [-0.39, 0.29) is 17.3 Å². The maximum atomic E-state index is 5.87. The summed E-state index contributed by atoms with van der Waals surface area (Å²) in [6.45, 7) is 2.32. The van der Waals surface area contributed by atoms with Gasteiger partial charge in [-0.2, -0.15) is 15.0 Å². The summed E-state index contributed by atoms with van der Waals surface area (Å²) in [6.07, 6.45) is 0. The summed E-state index contributed by atoms with van der Waals surface area (Å²) in [7, 11) is 0. The number of nitrogens with one attached hydrogen (secondary N) is 1. The van der Waals surface area contributed by atoms with Crippen molar-refractivity contribution in [1.82, 2.24) is 15.0 Å². The van der Waals surface area contributed by atoms with E-state index in [0.717, 1.165) is 0 Å². The van der Waals surface area contributed by atoms with Gasteiger partial charge < -0.3 is 15.8 Å². The smallest absolute Gasteiger partial charge is 0.229 e. The van der Waals surface area contributed by atoms with Crippen LogP contribution in [0.5, 0.6) is 5.75 Å². The first-order valence-corrected chi connectivity index (χ1v) is 6.60. The lowest BCUT2D eigenvalue weighted by Crippen LogP contribution is -2.25. The van der Waals surface area contributed by atoms with Gasteiger partial charge in [-0.25, -0.2) is 0 Å². The molecule has 2 aromatic rings. The highest BCUT2D eigenvalue weighted by atomic mass is 35.5. The fourth-order valence-electron chi connectivity index (χ4n) is 1.47. The van der Waals surface area contributed by atoms with Crippen molar-refractivity contribution in [2.75, 3.05) is 17.7 Å². The Hall–Kier alpha value is -1.79. The fourth-order valence-corrected chi connectivity index (χ4v) is 1.82. The molecule has 0 amide bonds. The Morgan fingerprint density at radius 1 is 1.30 bits per heavy atom. The van der Waals surface area contributed by atoms with E-state index in [1.807, 2.05) is 19.1 Å². The molecule has 0 aliphatic heterocycles. The second kappa shape index (κ2) is 6.58. The molecule has 2 rings (SSSR count). The molecule has 0 saturated heterocycles. The predicted octanol–water partition coefficient (Wildman–Crippen LogP) is 2.64. The van der Waals surface area contributed by atoms with E-state index in [4.69, 9.17) is 33.7 Å². The van der Waals surface area contributed by atoms with Crippen molar-refractivity contribution >= 4 is 35.1 Å². The van der Waals surface area contributed by atoms with Crippen LogP contribution in [-0.4, -0.2) is 27.6 Å². The van der Waals surface area contributed by atoms with E-state index >= 15 is 0 Å². The minimum absolute atomic E-state index is 0.0444. The first-order chi connectivity index (χ1) is 9.52. The van der Waals surface area contributed by atoms with Gasteiger partial charge in [0.2, 0.25) is 17.2 Å². The van der Waals surface area contributed by atoms with Crippen LogP contribution in [0, 0.1) is 0 Å². The van der Waals surface area contributed by atoms with Gasteiger partial charge in [0.1, 0.15) is 12.4 Å². The zero-order valence-electron chi connectivity index (χ0n) is 10.7. The van der Waals surface area contributed by atoms with Crippen LogP contribution in [0.15, 0.2) is 24.3 Å². The van der Waals surface area contributed by atoms with Crippen LogP contribution in [-0.2, 0) is 0 Å². The van der Waals surface area contributed by atoms with E-state index < -0.39 is 0 Å². The highest BCUT2D eigenvalue weighted by Gasteiger charge is 2.08. The van der Waals surface area contributed by atoms with Crippen LogP contribution < -0.4 is 15.8 Å². The van der Waals surface area contributed by atoms with Crippen molar-refractivity contribution in [2.45, 2.75) is 13.0 Å². The Balaban J connectivity index is 1.90. The number of hydrogen-bond donors (Lipinski definition) is 2. The topological polar surface area (TPSA) is 86.0 Å². The Labute approximate surface area is 126 Å². The molecule has 0 aliphatic rings. The van der Waals surface area contributed by atoms with Crippen LogP contribution in [0.2, 0.25) is 10.3 Å². The molecule has 106 valence electrons. The second-order valence-electron chi connectivity index (χ2n) is 4.10. The van der Waals surface area contributed by atoms with Gasteiger partial charge in [-0.05, 0) is 36.7 Å². The third-order valence-corrected chi connectivity index (χ3v) is 2.70. The Bertz CT molecular complexity index is 576. The van der Waals surface area contributed by atoms with E-state index in [0.29, 0.717) is 23.3 Å². The number of benzene rings is 1. The van der Waals surface area contributed by atoms with Gasteiger partial charge >= 0.3 is 0 Å². The molecule has 1 aromatic carbocycles. The summed E-state index contributed by atoms with van der Waals surface area (Å²) in [4.78, 5) is 11.5. The van der Waals surface area contributed by atoms with Gasteiger partial charge in [0.05, 0.1) is 6.04 Å². The molecule has 0 aliphatic carbocycles. The first kappa shape index (κ1) is 14.6. The minimum Gasteiger partial charge on any atom is -0.491 e. The molecule has 1 aromatic heterocycles. The van der Waals surface area contributed by atoms with Gasteiger partial charge in [-0.1, -0.05) is 17.7 Å². The number of ether oxygens (including phenoxy) is 1. The van der Waals surface area contributed by atoms with Gasteiger partial charge in [0, 0.05) is 5.02 Å². The lowest BCUT2D eigenvalue weighted by Gasteiger charge is -2.15. The van der Waals surface area contributed by atoms with Crippen molar-refractivity contribution in [3.05, 3.63) is 34.6 Å². The molecule has 8 heteroatoms. The average Bonchev–Trinajstić information content (AvgIpc) is 2.35. The number of hydrogen-bond acceptors (Lipinski definition) is 6. The average molecular weight is 314 g/mol. The summed E-state index contributed by atoms with van der Waals surface area (Å²) in [5.41, 5.74) is 5.48. The molecular weight excluding hydrogens is 301 g/mol. The third-order valence-electron chi connectivity index (χ3n) is 2.30. The van der Waals surface area contributed by atoms with Crippen molar-refractivity contribution in [1.29, 1.82) is 0 Å². The second-order valence-corrected chi connectivity index (χ2v) is 4.87. The number of rotatable bonds is 5. The van der Waals surface area contributed by atoms with Crippen LogP contribution >= 0.6 is 23.2 Å². The van der Waals surface area contributed by atoms with Gasteiger partial charge in [0.25, 0.3) is 0 Å². The maximum absolute atomic E-state index is 5.87. The van der Waals surface area contributed by atoms with Crippen molar-refractivity contribution in [3.63, 3.8) is 0 Å². The van der Waals surface area contributed by atoms with Crippen LogP contribution in [0.1, 0.15) is 6.92 Å². The minimum atomic E-state index is -0.0492. The monoisotopic (exact) mass is 313 g/mol. The quantitative estimate of drug-likeness (QED) is 0.882. The number of nitrogen functional groups attached to an aromatic ring is 1. The highest BCUT2D eigenvalue weighted by Crippen LogP contribution is 2.17. The fraction of sp³-hybridized carbons (Fsp3) is 0.250. The number of aromatic nitrogens is 3. The molecule has 0 radical (unpaired) electrons. The summed E-state index contributed by atoms with van der Waals surface area (Å²) in [6, 6.07) is 7.13. The normalized spacial score (nSPS) is 11.9. The molecule has 6 nitrogen and oxygen atoms in total.